The smallest absolute Gasteiger partial charge is 0.219 e. The molecule has 4 heteroatoms. The van der Waals surface area contributed by atoms with Crippen molar-refractivity contribution in [1.29, 1.82) is 0 Å². The molecule has 0 aliphatic carbocycles. The van der Waals surface area contributed by atoms with E-state index in [9.17, 15) is 4.79 Å². The number of carbonyl (C=O) groups excluding carboxylic acids is 1. The Morgan fingerprint density at radius 2 is 2.14 bits per heavy atom. The van der Waals surface area contributed by atoms with Crippen molar-refractivity contribution in [3.05, 3.63) is 34.3 Å². The maximum atomic E-state index is 10.7. The third-order valence-electron chi connectivity index (χ3n) is 1.91. The molecule has 76 valence electrons. The Kier molecular flexibility index (Phi) is 3.49. The van der Waals surface area contributed by atoms with E-state index in [1.54, 1.807) is 6.07 Å². The molecule has 14 heavy (non-hydrogen) atoms. The zero-order chi connectivity index (χ0) is 10.7. The van der Waals surface area contributed by atoms with Crippen LogP contribution in [0.15, 0.2) is 18.2 Å². The summed E-state index contributed by atoms with van der Waals surface area (Å²) in [7, 11) is 0. The highest BCUT2D eigenvalue weighted by Crippen LogP contribution is 2.20. The number of hydrogen-bond donors (Lipinski definition) is 2. The van der Waals surface area contributed by atoms with Crippen LogP contribution in [0.2, 0.25) is 5.02 Å². The minimum atomic E-state index is -0.407. The Morgan fingerprint density at radius 1 is 1.50 bits per heavy atom. The number of primary amides is 1. The lowest BCUT2D eigenvalue weighted by molar-refractivity contribution is -0.118. The zero-order valence-electron chi connectivity index (χ0n) is 7.96. The molecule has 0 saturated heterocycles. The molecule has 1 aromatic carbocycles. The van der Waals surface area contributed by atoms with E-state index in [4.69, 9.17) is 23.1 Å². The molecule has 0 aromatic heterocycles. The summed E-state index contributed by atoms with van der Waals surface area (Å²) >= 11 is 5.86. The van der Waals surface area contributed by atoms with Gasteiger partial charge in [-0.25, -0.2) is 0 Å². The number of benzene rings is 1. The highest BCUT2D eigenvalue weighted by atomic mass is 35.5. The lowest BCUT2D eigenvalue weighted by atomic mass is 10.0. The number of amides is 1. The van der Waals surface area contributed by atoms with Gasteiger partial charge >= 0.3 is 0 Å². The van der Waals surface area contributed by atoms with E-state index in [1.165, 1.54) is 0 Å². The molecule has 0 aliphatic rings. The lowest BCUT2D eigenvalue weighted by Crippen LogP contribution is -2.20. The van der Waals surface area contributed by atoms with E-state index in [0.29, 0.717) is 5.02 Å². The van der Waals surface area contributed by atoms with E-state index >= 15 is 0 Å². The average Bonchev–Trinajstić information content (AvgIpc) is 2.00. The summed E-state index contributed by atoms with van der Waals surface area (Å²) < 4.78 is 0. The molecule has 0 heterocycles. The molecule has 1 atom stereocenters. The van der Waals surface area contributed by atoms with Gasteiger partial charge in [0.15, 0.2) is 0 Å². The van der Waals surface area contributed by atoms with Gasteiger partial charge < -0.3 is 11.5 Å². The van der Waals surface area contributed by atoms with Crippen LogP contribution in [0.25, 0.3) is 0 Å². The SMILES string of the molecule is Cc1cc(Cl)cc([C@H](N)CC(N)=O)c1. The quantitative estimate of drug-likeness (QED) is 0.798. The molecule has 0 aliphatic heterocycles. The van der Waals surface area contributed by atoms with E-state index in [0.717, 1.165) is 11.1 Å². The predicted octanol–water partition coefficient (Wildman–Crippen LogP) is 1.52. The number of halogens is 1. The van der Waals surface area contributed by atoms with Gasteiger partial charge in [-0.05, 0) is 30.2 Å². The standard InChI is InChI=1S/C10H13ClN2O/c1-6-2-7(4-8(11)3-6)9(12)5-10(13)14/h2-4,9H,5,12H2,1H3,(H2,13,14)/t9-/m1/s1. The lowest BCUT2D eigenvalue weighted by Gasteiger charge is -2.11. The molecule has 0 saturated carbocycles. The molecule has 0 unspecified atom stereocenters. The maximum absolute atomic E-state index is 10.7. The van der Waals surface area contributed by atoms with Crippen molar-refractivity contribution in [3.63, 3.8) is 0 Å². The molecule has 1 amide bonds. The van der Waals surface area contributed by atoms with Crippen LogP contribution < -0.4 is 11.5 Å². The van der Waals surface area contributed by atoms with Crippen molar-refractivity contribution in [1.82, 2.24) is 0 Å². The van der Waals surface area contributed by atoms with Crippen LogP contribution in [0.5, 0.6) is 0 Å². The van der Waals surface area contributed by atoms with Gasteiger partial charge in [0.2, 0.25) is 5.91 Å². The second kappa shape index (κ2) is 4.44. The first kappa shape index (κ1) is 11.0. The molecule has 0 bridgehead atoms. The fraction of sp³-hybridized carbons (Fsp3) is 0.300. The van der Waals surface area contributed by atoms with Gasteiger partial charge in [0.1, 0.15) is 0 Å². The number of aryl methyl sites for hydroxylation is 1. The maximum Gasteiger partial charge on any atom is 0.219 e. The summed E-state index contributed by atoms with van der Waals surface area (Å²) in [5, 5.41) is 0.625. The summed E-state index contributed by atoms with van der Waals surface area (Å²) in [6.45, 7) is 1.92. The van der Waals surface area contributed by atoms with E-state index in [2.05, 4.69) is 0 Å². The van der Waals surface area contributed by atoms with Gasteiger partial charge in [-0.15, -0.1) is 0 Å². The minimum Gasteiger partial charge on any atom is -0.370 e. The van der Waals surface area contributed by atoms with Crippen LogP contribution in [0.3, 0.4) is 0 Å². The topological polar surface area (TPSA) is 69.1 Å². The van der Waals surface area contributed by atoms with Crippen LogP contribution in [-0.4, -0.2) is 5.91 Å². The molecular weight excluding hydrogens is 200 g/mol. The Labute approximate surface area is 88.0 Å². The second-order valence-electron chi connectivity index (χ2n) is 3.34. The Morgan fingerprint density at radius 3 is 2.64 bits per heavy atom. The summed E-state index contributed by atoms with van der Waals surface area (Å²) in [5.41, 5.74) is 12.7. The van der Waals surface area contributed by atoms with Crippen LogP contribution >= 0.6 is 11.6 Å². The second-order valence-corrected chi connectivity index (χ2v) is 3.78. The summed E-state index contributed by atoms with van der Waals surface area (Å²) in [4.78, 5) is 10.7. The number of hydrogen-bond acceptors (Lipinski definition) is 2. The van der Waals surface area contributed by atoms with E-state index in [-0.39, 0.29) is 12.5 Å². The van der Waals surface area contributed by atoms with Gasteiger partial charge in [0.25, 0.3) is 0 Å². The number of carbonyl (C=O) groups is 1. The first-order valence-electron chi connectivity index (χ1n) is 4.30. The van der Waals surface area contributed by atoms with Gasteiger partial charge in [-0.2, -0.15) is 0 Å². The Balaban J connectivity index is 2.89. The average molecular weight is 213 g/mol. The van der Waals surface area contributed by atoms with Gasteiger partial charge in [-0.1, -0.05) is 17.7 Å². The zero-order valence-corrected chi connectivity index (χ0v) is 8.71. The normalized spacial score (nSPS) is 12.5. The summed E-state index contributed by atoms with van der Waals surface area (Å²) in [5.74, 6) is -0.407. The molecule has 4 N–H and O–H groups in total. The number of nitrogens with two attached hydrogens (primary N) is 2. The molecular formula is C10H13ClN2O. The fourth-order valence-corrected chi connectivity index (χ4v) is 1.61. The first-order valence-corrected chi connectivity index (χ1v) is 4.68. The van der Waals surface area contributed by atoms with Gasteiger partial charge in [-0.3, -0.25) is 4.79 Å². The van der Waals surface area contributed by atoms with Crippen molar-refractivity contribution < 1.29 is 4.79 Å². The predicted molar refractivity (Wildman–Crippen MR) is 56.9 cm³/mol. The third-order valence-corrected chi connectivity index (χ3v) is 2.13. The van der Waals surface area contributed by atoms with Crippen molar-refractivity contribution in [2.45, 2.75) is 19.4 Å². The Bertz CT molecular complexity index is 332. The highest BCUT2D eigenvalue weighted by Gasteiger charge is 2.09. The summed E-state index contributed by atoms with van der Waals surface area (Å²) in [6.07, 6.45) is 0.139. The largest absolute Gasteiger partial charge is 0.370 e. The molecule has 0 spiro atoms. The third kappa shape index (κ3) is 3.01. The monoisotopic (exact) mass is 212 g/mol. The molecule has 3 nitrogen and oxygen atoms in total. The van der Waals surface area contributed by atoms with Gasteiger partial charge in [0.05, 0.1) is 0 Å². The first-order chi connectivity index (χ1) is 6.49. The van der Waals surface area contributed by atoms with E-state index in [1.807, 2.05) is 19.1 Å². The van der Waals surface area contributed by atoms with E-state index < -0.39 is 5.91 Å². The molecule has 0 radical (unpaired) electrons. The van der Waals surface area contributed by atoms with Crippen molar-refractivity contribution in [3.8, 4) is 0 Å². The van der Waals surface area contributed by atoms with Crippen molar-refractivity contribution in [2.75, 3.05) is 0 Å². The molecule has 1 rings (SSSR count). The van der Waals surface area contributed by atoms with Crippen molar-refractivity contribution >= 4 is 17.5 Å². The number of rotatable bonds is 3. The van der Waals surface area contributed by atoms with Crippen LogP contribution in [-0.2, 0) is 4.79 Å². The van der Waals surface area contributed by atoms with Crippen molar-refractivity contribution in [2.24, 2.45) is 11.5 Å². The molecule has 0 fully saturated rings. The summed E-state index contributed by atoms with van der Waals surface area (Å²) in [6, 6.07) is 5.12. The van der Waals surface area contributed by atoms with Crippen LogP contribution in [0.4, 0.5) is 0 Å². The molecule has 1 aromatic rings. The fourth-order valence-electron chi connectivity index (χ4n) is 1.31. The van der Waals surface area contributed by atoms with Crippen LogP contribution in [0.1, 0.15) is 23.6 Å². The highest BCUT2D eigenvalue weighted by molar-refractivity contribution is 6.30. The Hall–Kier alpha value is -1.06. The van der Waals surface area contributed by atoms with Gasteiger partial charge in [0, 0.05) is 17.5 Å². The minimum absolute atomic E-state index is 0.139. The van der Waals surface area contributed by atoms with Crippen LogP contribution in [0, 0.1) is 6.92 Å².